The number of rotatable bonds is 8. The molecular weight excluding hydrogens is 693 g/mol. The summed E-state index contributed by atoms with van der Waals surface area (Å²) in [6.45, 7) is 0. The van der Waals surface area contributed by atoms with Crippen molar-refractivity contribution in [3.63, 3.8) is 0 Å². The van der Waals surface area contributed by atoms with Gasteiger partial charge in [-0.05, 0) is 48.5 Å². The molecule has 0 saturated heterocycles. The topological polar surface area (TPSA) is 244 Å². The normalized spacial score (nSPS) is 12.8. The molecule has 0 atom stereocenters. The summed E-state index contributed by atoms with van der Waals surface area (Å²) in [6, 6.07) is 25.7. The first-order chi connectivity index (χ1) is 23.1. The van der Waals surface area contributed by atoms with Gasteiger partial charge in [-0.2, -0.15) is 27.1 Å². The molecule has 248 valence electrons. The average Bonchev–Trinajstić information content (AvgIpc) is 3.07. The molecule has 0 saturated carbocycles. The van der Waals surface area contributed by atoms with Gasteiger partial charge in [0.15, 0.2) is 0 Å². The van der Waals surface area contributed by atoms with E-state index < -0.39 is 39.9 Å². The molecule has 0 radical (unpaired) electrons. The first kappa shape index (κ1) is 33.3. The van der Waals surface area contributed by atoms with E-state index in [1.54, 1.807) is 36.4 Å². The number of nitrogens with two attached hydrogens (primary N) is 2. The first-order valence-corrected chi connectivity index (χ1v) is 18.4. The molecule has 6 aromatic carbocycles. The maximum absolute atomic E-state index is 13.6. The Kier molecular flexibility index (Phi) is 8.47. The summed E-state index contributed by atoms with van der Waals surface area (Å²) < 4.78 is 95.0. The SMILES string of the molecule is Nc1c(N=Nc2cccc(S(=O)(=O)c3cccc(N=Nc4cc(S(=O)(=O)O)c5ccccc5c4N)c3)c2)cc(S(=O)(=O)O)c2ccccc12. The van der Waals surface area contributed by atoms with Crippen LogP contribution in [0.4, 0.5) is 34.1 Å². The van der Waals surface area contributed by atoms with Gasteiger partial charge in [-0.25, -0.2) is 8.42 Å². The van der Waals surface area contributed by atoms with E-state index in [2.05, 4.69) is 20.5 Å². The Bertz CT molecular complexity index is 2540. The molecule has 6 N–H and O–H groups in total. The molecule has 0 spiro atoms. The van der Waals surface area contributed by atoms with Crippen molar-refractivity contribution < 1.29 is 34.4 Å². The van der Waals surface area contributed by atoms with E-state index in [4.69, 9.17) is 11.5 Å². The van der Waals surface area contributed by atoms with Crippen molar-refractivity contribution in [1.29, 1.82) is 0 Å². The summed E-state index contributed by atoms with van der Waals surface area (Å²) in [5, 5.41) is 17.3. The maximum Gasteiger partial charge on any atom is 0.295 e. The molecular formula is C32H24N6O8S3. The Morgan fingerprint density at radius 3 is 1.18 bits per heavy atom. The van der Waals surface area contributed by atoms with Crippen LogP contribution in [0, 0.1) is 0 Å². The molecule has 0 aliphatic heterocycles. The number of nitrogen functional groups attached to an aromatic ring is 2. The third-order valence-corrected chi connectivity index (χ3v) is 10.9. The van der Waals surface area contributed by atoms with Crippen molar-refractivity contribution in [2.45, 2.75) is 19.6 Å². The molecule has 6 rings (SSSR count). The van der Waals surface area contributed by atoms with Crippen LogP contribution in [0.2, 0.25) is 0 Å². The zero-order valence-electron chi connectivity index (χ0n) is 24.9. The molecule has 49 heavy (non-hydrogen) atoms. The van der Waals surface area contributed by atoms with Crippen LogP contribution in [0.3, 0.4) is 0 Å². The van der Waals surface area contributed by atoms with E-state index in [-0.39, 0.29) is 54.7 Å². The highest BCUT2D eigenvalue weighted by atomic mass is 32.2. The molecule has 0 unspecified atom stereocenters. The number of hydrogen-bond acceptors (Lipinski definition) is 12. The summed E-state index contributed by atoms with van der Waals surface area (Å²) in [7, 11) is -13.4. The van der Waals surface area contributed by atoms with E-state index in [1.165, 1.54) is 60.7 Å². The Hall–Kier alpha value is -5.59. The molecule has 0 bridgehead atoms. The second kappa shape index (κ2) is 12.5. The van der Waals surface area contributed by atoms with Crippen molar-refractivity contribution >= 4 is 85.7 Å². The Morgan fingerprint density at radius 1 is 0.449 bits per heavy atom. The summed E-state index contributed by atoms with van der Waals surface area (Å²) in [6.07, 6.45) is 0. The fraction of sp³-hybridized carbons (Fsp3) is 0. The number of azo groups is 2. The Balaban J connectivity index is 1.32. The van der Waals surface area contributed by atoms with Gasteiger partial charge in [-0.15, -0.1) is 10.2 Å². The molecule has 6 aromatic rings. The van der Waals surface area contributed by atoms with Crippen LogP contribution in [0.1, 0.15) is 0 Å². The monoisotopic (exact) mass is 716 g/mol. The molecule has 0 aliphatic rings. The van der Waals surface area contributed by atoms with Gasteiger partial charge in [-0.1, -0.05) is 60.7 Å². The second-order valence-corrected chi connectivity index (χ2v) is 15.3. The van der Waals surface area contributed by atoms with Gasteiger partial charge in [-0.3, -0.25) is 9.11 Å². The number of nitrogens with zero attached hydrogens (tertiary/aromatic N) is 4. The van der Waals surface area contributed by atoms with Crippen molar-refractivity contribution in [1.82, 2.24) is 0 Å². The van der Waals surface area contributed by atoms with Gasteiger partial charge >= 0.3 is 0 Å². The lowest BCUT2D eigenvalue weighted by Crippen LogP contribution is -2.01. The number of anilines is 2. The zero-order valence-corrected chi connectivity index (χ0v) is 27.4. The van der Waals surface area contributed by atoms with Crippen molar-refractivity contribution in [3.8, 4) is 0 Å². The van der Waals surface area contributed by atoms with Crippen LogP contribution in [-0.2, 0) is 30.1 Å². The minimum absolute atomic E-state index is 0.0617. The van der Waals surface area contributed by atoms with E-state index >= 15 is 0 Å². The highest BCUT2D eigenvalue weighted by molar-refractivity contribution is 7.91. The Morgan fingerprint density at radius 2 is 0.816 bits per heavy atom. The lowest BCUT2D eigenvalue weighted by molar-refractivity contribution is 0.482. The number of fused-ring (bicyclic) bond motifs is 2. The smallest absolute Gasteiger partial charge is 0.295 e. The average molecular weight is 717 g/mol. The van der Waals surface area contributed by atoms with E-state index in [0.717, 1.165) is 12.1 Å². The molecule has 0 amide bonds. The summed E-state index contributed by atoms with van der Waals surface area (Å²) in [4.78, 5) is -1.14. The van der Waals surface area contributed by atoms with Crippen molar-refractivity contribution in [2.75, 3.05) is 11.5 Å². The van der Waals surface area contributed by atoms with Gasteiger partial charge < -0.3 is 11.5 Å². The van der Waals surface area contributed by atoms with E-state index in [9.17, 15) is 34.4 Å². The fourth-order valence-electron chi connectivity index (χ4n) is 5.08. The van der Waals surface area contributed by atoms with Crippen LogP contribution < -0.4 is 11.5 Å². The molecule has 0 heterocycles. The van der Waals surface area contributed by atoms with Gasteiger partial charge in [0.05, 0.1) is 32.5 Å². The van der Waals surface area contributed by atoms with Crippen molar-refractivity contribution in [2.24, 2.45) is 20.5 Å². The van der Waals surface area contributed by atoms with Gasteiger partial charge in [0.2, 0.25) is 9.84 Å². The van der Waals surface area contributed by atoms with Crippen LogP contribution in [-0.4, -0.2) is 34.4 Å². The predicted octanol–water partition coefficient (Wildman–Crippen LogP) is 7.31. The lowest BCUT2D eigenvalue weighted by Gasteiger charge is -2.09. The molecule has 0 fully saturated rings. The van der Waals surface area contributed by atoms with Gasteiger partial charge in [0.1, 0.15) is 21.2 Å². The highest BCUT2D eigenvalue weighted by Crippen LogP contribution is 2.38. The minimum Gasteiger partial charge on any atom is -0.396 e. The summed E-state index contributed by atoms with van der Waals surface area (Å²) >= 11 is 0. The quantitative estimate of drug-likeness (QED) is 0.0694. The molecule has 0 aliphatic carbocycles. The number of hydrogen-bond donors (Lipinski definition) is 4. The van der Waals surface area contributed by atoms with Crippen LogP contribution >= 0.6 is 0 Å². The van der Waals surface area contributed by atoms with Gasteiger partial charge in [0, 0.05) is 21.5 Å². The van der Waals surface area contributed by atoms with Gasteiger partial charge in [0.25, 0.3) is 20.2 Å². The number of sulfone groups is 1. The predicted molar refractivity (Wildman–Crippen MR) is 183 cm³/mol. The third-order valence-electron chi connectivity index (χ3n) is 7.41. The molecule has 14 nitrogen and oxygen atoms in total. The van der Waals surface area contributed by atoms with Crippen LogP contribution in [0.25, 0.3) is 21.5 Å². The molecule has 0 aromatic heterocycles. The van der Waals surface area contributed by atoms with Crippen molar-refractivity contribution in [3.05, 3.63) is 109 Å². The highest BCUT2D eigenvalue weighted by Gasteiger charge is 2.21. The summed E-state index contributed by atoms with van der Waals surface area (Å²) in [5.74, 6) is 0. The van der Waals surface area contributed by atoms with Crippen LogP contribution in [0.15, 0.2) is 149 Å². The van der Waals surface area contributed by atoms with E-state index in [0.29, 0.717) is 10.8 Å². The largest absolute Gasteiger partial charge is 0.396 e. The fourth-order valence-corrected chi connectivity index (χ4v) is 7.85. The first-order valence-electron chi connectivity index (χ1n) is 14.0. The summed E-state index contributed by atoms with van der Waals surface area (Å²) in [5.41, 5.74) is 12.7. The maximum atomic E-state index is 13.6. The lowest BCUT2D eigenvalue weighted by atomic mass is 10.1. The molecule has 17 heteroatoms. The standard InChI is InChI=1S/C32H24N6O8S3/c33-31-25-13-3-1-11-23(25)29(48(41,42)43)17-27(31)37-35-19-7-5-9-21(15-19)47(39,40)22-10-6-8-20(16-22)36-38-28-18-30(49(44,45)46)24-12-2-4-14-26(24)32(28)34/h1-18H,33-34H2,(H,41,42,43)(H,44,45,46). The number of benzene rings is 6. The Labute approximate surface area is 279 Å². The van der Waals surface area contributed by atoms with E-state index in [1.807, 2.05) is 0 Å². The second-order valence-electron chi connectivity index (χ2n) is 10.6. The zero-order chi connectivity index (χ0) is 35.1. The third kappa shape index (κ3) is 6.60. The van der Waals surface area contributed by atoms with Crippen LogP contribution in [0.5, 0.6) is 0 Å². The minimum atomic E-state index is -4.64.